The number of hydrogen-bond acceptors (Lipinski definition) is 1. The Kier molecular flexibility index (Phi) is 3.54. The van der Waals surface area contributed by atoms with Gasteiger partial charge in [0, 0.05) is 0 Å². The lowest BCUT2D eigenvalue weighted by molar-refractivity contribution is 0.655. The fourth-order valence-electron chi connectivity index (χ4n) is 1.47. The fourth-order valence-corrected chi connectivity index (χ4v) is 3.19. The molecule has 1 nitrogen and oxygen atoms in total. The standard InChI is InChI=1S/C12H23BNSi/c1-7-11-9-8-10-14(13-11)15(5,6)12(2,3)4/h8-10H,7H2,1-6H3. The van der Waals surface area contributed by atoms with Crippen LogP contribution >= 0.6 is 0 Å². The Bertz CT molecular complexity index is 286. The van der Waals surface area contributed by atoms with Crippen LogP contribution in [0.5, 0.6) is 0 Å². The number of rotatable bonds is 2. The SMILES string of the molecule is CCC1=CC=CN([Si](C)(C)C(C)(C)C)[B]1. The van der Waals surface area contributed by atoms with E-state index in [1.165, 1.54) is 5.47 Å². The van der Waals surface area contributed by atoms with Gasteiger partial charge in [-0.3, -0.25) is 0 Å². The molecule has 0 spiro atoms. The molecule has 1 radical (unpaired) electrons. The van der Waals surface area contributed by atoms with E-state index in [9.17, 15) is 0 Å². The van der Waals surface area contributed by atoms with E-state index in [1.807, 2.05) is 0 Å². The van der Waals surface area contributed by atoms with Gasteiger partial charge in [0.15, 0.2) is 0 Å². The van der Waals surface area contributed by atoms with Crippen LogP contribution in [-0.2, 0) is 0 Å². The van der Waals surface area contributed by atoms with Gasteiger partial charge in [0.2, 0.25) is 0 Å². The van der Waals surface area contributed by atoms with Crippen LogP contribution < -0.4 is 0 Å². The summed E-state index contributed by atoms with van der Waals surface area (Å²) < 4.78 is 2.48. The molecule has 1 heterocycles. The molecule has 0 amide bonds. The Morgan fingerprint density at radius 3 is 2.40 bits per heavy atom. The second-order valence-corrected chi connectivity index (χ2v) is 10.9. The molecule has 0 aromatic carbocycles. The topological polar surface area (TPSA) is 3.24 Å². The van der Waals surface area contributed by atoms with Crippen molar-refractivity contribution in [1.82, 2.24) is 4.48 Å². The van der Waals surface area contributed by atoms with Gasteiger partial charge in [0.05, 0.1) is 0 Å². The molecule has 0 bridgehead atoms. The highest BCUT2D eigenvalue weighted by atomic mass is 28.3. The summed E-state index contributed by atoms with van der Waals surface area (Å²) in [7, 11) is 0.919. The highest BCUT2D eigenvalue weighted by molar-refractivity contribution is 6.83. The van der Waals surface area contributed by atoms with Gasteiger partial charge in [0.25, 0.3) is 7.41 Å². The van der Waals surface area contributed by atoms with Gasteiger partial charge in [-0.15, -0.1) is 0 Å². The average Bonchev–Trinajstić information content (AvgIpc) is 2.16. The Balaban J connectivity index is 2.84. The monoisotopic (exact) mass is 220 g/mol. The molecular formula is C12H23BNSi. The molecule has 1 aliphatic rings. The van der Waals surface area contributed by atoms with Crippen LogP contribution in [0.3, 0.4) is 0 Å². The molecule has 0 aliphatic carbocycles. The van der Waals surface area contributed by atoms with E-state index < -0.39 is 8.24 Å². The van der Waals surface area contributed by atoms with E-state index in [1.54, 1.807) is 0 Å². The second-order valence-electron chi connectivity index (χ2n) is 5.78. The Hall–Kier alpha value is -0.438. The lowest BCUT2D eigenvalue weighted by atomic mass is 9.78. The minimum Gasteiger partial charge on any atom is -0.448 e. The summed E-state index contributed by atoms with van der Waals surface area (Å²) in [6, 6.07) is 0. The minimum atomic E-state index is -1.41. The molecule has 15 heavy (non-hydrogen) atoms. The van der Waals surface area contributed by atoms with Crippen molar-refractivity contribution in [2.45, 2.75) is 52.2 Å². The third-order valence-electron chi connectivity index (χ3n) is 3.75. The summed E-state index contributed by atoms with van der Waals surface area (Å²) in [5.41, 5.74) is 1.43. The van der Waals surface area contributed by atoms with Gasteiger partial charge in [-0.25, -0.2) is 0 Å². The van der Waals surface area contributed by atoms with Crippen LogP contribution in [0, 0.1) is 0 Å². The zero-order chi connectivity index (χ0) is 11.7. The smallest absolute Gasteiger partial charge is 0.271 e. The maximum Gasteiger partial charge on any atom is 0.271 e. The molecule has 0 atom stereocenters. The summed E-state index contributed by atoms with van der Waals surface area (Å²) >= 11 is 0. The van der Waals surface area contributed by atoms with Crippen molar-refractivity contribution >= 4 is 15.6 Å². The van der Waals surface area contributed by atoms with Crippen LogP contribution in [0.15, 0.2) is 23.8 Å². The zero-order valence-corrected chi connectivity index (χ0v) is 12.0. The van der Waals surface area contributed by atoms with Crippen LogP contribution in [-0.4, -0.2) is 20.1 Å². The van der Waals surface area contributed by atoms with Crippen LogP contribution in [0.2, 0.25) is 18.1 Å². The van der Waals surface area contributed by atoms with Gasteiger partial charge in [-0.1, -0.05) is 52.3 Å². The van der Waals surface area contributed by atoms with Crippen LogP contribution in [0.1, 0.15) is 34.1 Å². The van der Waals surface area contributed by atoms with E-state index in [4.69, 9.17) is 0 Å². The molecule has 0 aromatic rings. The van der Waals surface area contributed by atoms with Crippen LogP contribution in [0.4, 0.5) is 0 Å². The predicted molar refractivity (Wildman–Crippen MR) is 72.3 cm³/mol. The van der Waals surface area contributed by atoms with Gasteiger partial charge in [-0.05, 0) is 23.7 Å². The van der Waals surface area contributed by atoms with Crippen molar-refractivity contribution in [3.8, 4) is 0 Å². The average molecular weight is 220 g/mol. The van der Waals surface area contributed by atoms with E-state index >= 15 is 0 Å². The van der Waals surface area contributed by atoms with Crippen molar-refractivity contribution < 1.29 is 0 Å². The molecule has 1 rings (SSSR count). The maximum absolute atomic E-state index is 2.48. The van der Waals surface area contributed by atoms with Crippen molar-refractivity contribution in [3.05, 3.63) is 23.8 Å². The Morgan fingerprint density at radius 1 is 1.33 bits per heavy atom. The maximum atomic E-state index is 2.48. The predicted octanol–water partition coefficient (Wildman–Crippen LogP) is 3.73. The third-order valence-corrected chi connectivity index (χ3v) is 8.99. The van der Waals surface area contributed by atoms with Crippen molar-refractivity contribution in [2.24, 2.45) is 0 Å². The van der Waals surface area contributed by atoms with Crippen LogP contribution in [0.25, 0.3) is 0 Å². The normalized spacial score (nSPS) is 17.5. The summed E-state index contributed by atoms with van der Waals surface area (Å²) in [6.45, 7) is 14.1. The second kappa shape index (κ2) is 4.20. The van der Waals surface area contributed by atoms with Gasteiger partial charge >= 0.3 is 0 Å². The van der Waals surface area contributed by atoms with Gasteiger partial charge in [0.1, 0.15) is 8.24 Å². The molecular weight excluding hydrogens is 197 g/mol. The third kappa shape index (κ3) is 2.57. The molecule has 0 saturated heterocycles. The molecule has 83 valence electrons. The quantitative estimate of drug-likeness (QED) is 0.641. The number of nitrogens with zero attached hydrogens (tertiary/aromatic N) is 1. The molecule has 1 aliphatic heterocycles. The molecule has 0 N–H and O–H groups in total. The Labute approximate surface area is 96.6 Å². The molecule has 0 unspecified atom stereocenters. The summed E-state index contributed by atoms with van der Waals surface area (Å²) in [5, 5.41) is 0.393. The van der Waals surface area contributed by atoms with E-state index in [2.05, 4.69) is 71.0 Å². The minimum absolute atomic E-state index is 0.393. The van der Waals surface area contributed by atoms with E-state index in [0.29, 0.717) is 5.04 Å². The van der Waals surface area contributed by atoms with Crippen molar-refractivity contribution in [2.75, 3.05) is 0 Å². The lowest BCUT2D eigenvalue weighted by Crippen LogP contribution is -2.54. The molecule has 3 heteroatoms. The summed E-state index contributed by atoms with van der Waals surface area (Å²) in [6.07, 6.45) is 7.75. The Morgan fingerprint density at radius 2 is 1.93 bits per heavy atom. The first kappa shape index (κ1) is 12.6. The zero-order valence-electron chi connectivity index (χ0n) is 11.0. The van der Waals surface area contributed by atoms with E-state index in [0.717, 1.165) is 6.42 Å². The highest BCUT2D eigenvalue weighted by Crippen LogP contribution is 2.38. The number of hydrogen-bond donors (Lipinski definition) is 0. The lowest BCUT2D eigenvalue weighted by Gasteiger charge is -2.46. The summed E-state index contributed by atoms with van der Waals surface area (Å²) in [5.74, 6) is 0. The van der Waals surface area contributed by atoms with Crippen molar-refractivity contribution in [1.29, 1.82) is 0 Å². The molecule has 0 saturated carbocycles. The van der Waals surface area contributed by atoms with E-state index in [-0.39, 0.29) is 0 Å². The first-order valence-corrected chi connectivity index (χ1v) is 8.74. The highest BCUT2D eigenvalue weighted by Gasteiger charge is 2.40. The fraction of sp³-hybridized carbons (Fsp3) is 0.667. The summed E-state index contributed by atoms with van der Waals surface area (Å²) in [4.78, 5) is 0. The van der Waals surface area contributed by atoms with Gasteiger partial charge < -0.3 is 4.48 Å². The molecule has 0 fully saturated rings. The first-order chi connectivity index (χ1) is 6.79. The largest absolute Gasteiger partial charge is 0.448 e. The molecule has 0 aromatic heterocycles. The number of allylic oxidation sites excluding steroid dienone is 3. The van der Waals surface area contributed by atoms with Gasteiger partial charge in [-0.2, -0.15) is 0 Å². The van der Waals surface area contributed by atoms with Crippen molar-refractivity contribution in [3.63, 3.8) is 0 Å². The first-order valence-electron chi connectivity index (χ1n) is 5.79.